The largest absolute Gasteiger partial charge is 0.508 e. The average molecular weight is 270 g/mol. The van der Waals surface area contributed by atoms with Gasteiger partial charge in [-0.2, -0.15) is 0 Å². The molecule has 0 saturated heterocycles. The van der Waals surface area contributed by atoms with Crippen LogP contribution in [0, 0.1) is 0 Å². The number of hydrogen-bond acceptors (Lipinski definition) is 2. The Kier molecular flexibility index (Phi) is 4.80. The molecule has 0 aliphatic heterocycles. The van der Waals surface area contributed by atoms with Crippen LogP contribution in [-0.4, -0.2) is 16.3 Å². The van der Waals surface area contributed by atoms with Crippen LogP contribution in [0.4, 0.5) is 0 Å². The highest BCUT2D eigenvalue weighted by Crippen LogP contribution is 2.31. The van der Waals surface area contributed by atoms with Crippen molar-refractivity contribution < 1.29 is 10.2 Å². The van der Waals surface area contributed by atoms with Gasteiger partial charge in [-0.3, -0.25) is 0 Å². The van der Waals surface area contributed by atoms with Crippen LogP contribution in [0.1, 0.15) is 38.7 Å². The van der Waals surface area contributed by atoms with E-state index in [1.165, 1.54) is 16.7 Å². The lowest BCUT2D eigenvalue weighted by molar-refractivity contribution is 0.225. The lowest BCUT2D eigenvalue weighted by atomic mass is 9.88. The fourth-order valence-electron chi connectivity index (χ4n) is 2.68. The zero-order valence-corrected chi connectivity index (χ0v) is 12.1. The summed E-state index contributed by atoms with van der Waals surface area (Å²) in [5, 5.41) is 19.0. The Morgan fingerprint density at radius 3 is 2.25 bits per heavy atom. The molecular formula is C18H22O2. The summed E-state index contributed by atoms with van der Waals surface area (Å²) >= 11 is 0. The first-order chi connectivity index (χ1) is 9.65. The van der Waals surface area contributed by atoms with Crippen molar-refractivity contribution in [2.45, 2.75) is 39.2 Å². The highest BCUT2D eigenvalue weighted by Gasteiger charge is 2.12. The molecule has 0 heterocycles. The van der Waals surface area contributed by atoms with Crippen molar-refractivity contribution in [1.29, 1.82) is 0 Å². The SMILES string of the molecule is CCC(C1=CCC(O)C=C1)=C(CC)c1ccc(O)cc1. The van der Waals surface area contributed by atoms with E-state index in [9.17, 15) is 10.2 Å². The number of phenolic OH excluding ortho intramolecular Hbond substituents is 1. The Morgan fingerprint density at radius 1 is 1.10 bits per heavy atom. The summed E-state index contributed by atoms with van der Waals surface area (Å²) in [6, 6.07) is 7.39. The smallest absolute Gasteiger partial charge is 0.115 e. The molecular weight excluding hydrogens is 248 g/mol. The molecule has 1 aliphatic carbocycles. The Morgan fingerprint density at radius 2 is 1.75 bits per heavy atom. The summed E-state index contributed by atoms with van der Waals surface area (Å²) in [4.78, 5) is 0. The molecule has 2 nitrogen and oxygen atoms in total. The molecule has 0 fully saturated rings. The monoisotopic (exact) mass is 270 g/mol. The minimum atomic E-state index is -0.351. The van der Waals surface area contributed by atoms with Gasteiger partial charge in [-0.25, -0.2) is 0 Å². The molecule has 0 spiro atoms. The predicted molar refractivity (Wildman–Crippen MR) is 83.5 cm³/mol. The van der Waals surface area contributed by atoms with Gasteiger partial charge in [0.15, 0.2) is 0 Å². The third kappa shape index (κ3) is 3.20. The Bertz CT molecular complexity index is 547. The van der Waals surface area contributed by atoms with Crippen molar-refractivity contribution in [3.05, 3.63) is 59.2 Å². The third-order valence-corrected chi connectivity index (χ3v) is 3.71. The number of aromatic hydroxyl groups is 1. The van der Waals surface area contributed by atoms with Gasteiger partial charge in [0.1, 0.15) is 5.75 Å². The standard InChI is InChI=1S/C18H22O2/c1-3-17(13-5-9-15(19)10-6-13)18(4-2)14-7-11-16(20)12-8-14/h5-11,16,19-20H,3-4,12H2,1-2H3. The maximum Gasteiger partial charge on any atom is 0.115 e. The molecule has 2 N–H and O–H groups in total. The van der Waals surface area contributed by atoms with Gasteiger partial charge in [0.25, 0.3) is 0 Å². The van der Waals surface area contributed by atoms with Gasteiger partial charge in [0, 0.05) is 0 Å². The average Bonchev–Trinajstić information content (AvgIpc) is 2.47. The fourth-order valence-corrected chi connectivity index (χ4v) is 2.68. The molecule has 0 radical (unpaired) electrons. The van der Waals surface area contributed by atoms with E-state index in [1.54, 1.807) is 12.1 Å². The Balaban J connectivity index is 2.43. The summed E-state index contributed by atoms with van der Waals surface area (Å²) in [7, 11) is 0. The van der Waals surface area contributed by atoms with E-state index in [0.717, 1.165) is 18.4 Å². The Hall–Kier alpha value is -1.80. The third-order valence-electron chi connectivity index (χ3n) is 3.71. The fraction of sp³-hybridized carbons (Fsp3) is 0.333. The van der Waals surface area contributed by atoms with Gasteiger partial charge in [-0.1, -0.05) is 44.2 Å². The van der Waals surface area contributed by atoms with Crippen molar-refractivity contribution in [2.24, 2.45) is 0 Å². The molecule has 0 aromatic heterocycles. The lowest BCUT2D eigenvalue weighted by Gasteiger charge is -2.18. The normalized spacial score (nSPS) is 19.6. The minimum Gasteiger partial charge on any atom is -0.508 e. The van der Waals surface area contributed by atoms with Gasteiger partial charge in [-0.15, -0.1) is 0 Å². The summed E-state index contributed by atoms with van der Waals surface area (Å²) < 4.78 is 0. The van der Waals surface area contributed by atoms with Gasteiger partial charge < -0.3 is 10.2 Å². The molecule has 106 valence electrons. The van der Waals surface area contributed by atoms with Crippen LogP contribution in [-0.2, 0) is 0 Å². The molecule has 2 heteroatoms. The van der Waals surface area contributed by atoms with Crippen LogP contribution in [0.3, 0.4) is 0 Å². The van der Waals surface area contributed by atoms with E-state index in [-0.39, 0.29) is 6.10 Å². The zero-order chi connectivity index (χ0) is 14.5. The summed E-state index contributed by atoms with van der Waals surface area (Å²) in [5.74, 6) is 0.294. The molecule has 1 aromatic rings. The van der Waals surface area contributed by atoms with Gasteiger partial charge in [0.2, 0.25) is 0 Å². The molecule has 0 saturated carbocycles. The van der Waals surface area contributed by atoms with Crippen molar-refractivity contribution in [3.63, 3.8) is 0 Å². The second-order valence-electron chi connectivity index (χ2n) is 5.03. The number of aliphatic hydroxyl groups is 1. The number of phenols is 1. The van der Waals surface area contributed by atoms with E-state index in [0.29, 0.717) is 12.2 Å². The molecule has 1 aliphatic rings. The van der Waals surface area contributed by atoms with Crippen LogP contribution in [0.25, 0.3) is 5.57 Å². The highest BCUT2D eigenvalue weighted by atomic mass is 16.3. The summed E-state index contributed by atoms with van der Waals surface area (Å²) in [6.45, 7) is 4.31. The van der Waals surface area contributed by atoms with E-state index in [4.69, 9.17) is 0 Å². The van der Waals surface area contributed by atoms with Crippen molar-refractivity contribution in [2.75, 3.05) is 0 Å². The first-order valence-electron chi connectivity index (χ1n) is 7.24. The zero-order valence-electron chi connectivity index (χ0n) is 12.1. The second kappa shape index (κ2) is 6.58. The van der Waals surface area contributed by atoms with Crippen LogP contribution in [0.2, 0.25) is 0 Å². The number of aliphatic hydroxyl groups excluding tert-OH is 1. The van der Waals surface area contributed by atoms with Crippen molar-refractivity contribution in [1.82, 2.24) is 0 Å². The van der Waals surface area contributed by atoms with Gasteiger partial charge >= 0.3 is 0 Å². The quantitative estimate of drug-likeness (QED) is 0.860. The summed E-state index contributed by atoms with van der Waals surface area (Å²) in [5.41, 5.74) is 4.99. The molecule has 0 amide bonds. The van der Waals surface area contributed by atoms with Crippen molar-refractivity contribution in [3.8, 4) is 5.75 Å². The number of hydrogen-bond donors (Lipinski definition) is 2. The first-order valence-corrected chi connectivity index (χ1v) is 7.24. The van der Waals surface area contributed by atoms with Crippen LogP contribution in [0.15, 0.2) is 53.6 Å². The van der Waals surface area contributed by atoms with Gasteiger partial charge in [0.05, 0.1) is 6.10 Å². The van der Waals surface area contributed by atoms with E-state index in [2.05, 4.69) is 19.9 Å². The molecule has 20 heavy (non-hydrogen) atoms. The molecule has 1 atom stereocenters. The lowest BCUT2D eigenvalue weighted by Crippen LogP contribution is -2.06. The number of rotatable bonds is 4. The molecule has 1 unspecified atom stereocenters. The molecule has 2 rings (SSSR count). The summed E-state index contributed by atoms with van der Waals surface area (Å²) in [6.07, 6.45) is 8.22. The molecule has 1 aromatic carbocycles. The predicted octanol–water partition coefficient (Wildman–Crippen LogP) is 4.21. The second-order valence-corrected chi connectivity index (χ2v) is 5.03. The van der Waals surface area contributed by atoms with Crippen LogP contribution in [0.5, 0.6) is 5.75 Å². The maximum absolute atomic E-state index is 9.55. The topological polar surface area (TPSA) is 40.5 Å². The van der Waals surface area contributed by atoms with E-state index in [1.807, 2.05) is 24.3 Å². The van der Waals surface area contributed by atoms with Crippen LogP contribution < -0.4 is 0 Å². The molecule has 0 bridgehead atoms. The van der Waals surface area contributed by atoms with Gasteiger partial charge in [-0.05, 0) is 53.7 Å². The highest BCUT2D eigenvalue weighted by molar-refractivity contribution is 5.74. The number of allylic oxidation sites excluding steroid dienone is 4. The number of benzene rings is 1. The van der Waals surface area contributed by atoms with E-state index < -0.39 is 0 Å². The maximum atomic E-state index is 9.55. The Labute approximate surface area is 120 Å². The van der Waals surface area contributed by atoms with Crippen molar-refractivity contribution >= 4 is 5.57 Å². The minimum absolute atomic E-state index is 0.294. The van der Waals surface area contributed by atoms with Crippen LogP contribution >= 0.6 is 0 Å². The first kappa shape index (κ1) is 14.6. The van der Waals surface area contributed by atoms with E-state index >= 15 is 0 Å².